The van der Waals surface area contributed by atoms with Crippen molar-refractivity contribution < 1.29 is 9.69 Å². The molecule has 0 spiro atoms. The minimum atomic E-state index is 0.109. The van der Waals surface area contributed by atoms with Crippen molar-refractivity contribution in [2.24, 2.45) is 0 Å². The van der Waals surface area contributed by atoms with Gasteiger partial charge in [0.25, 0.3) is 5.91 Å². The van der Waals surface area contributed by atoms with E-state index in [0.29, 0.717) is 6.54 Å². The number of rotatable bonds is 5. The normalized spacial score (nSPS) is 12.6. The number of likely N-dealkylation sites (N-methyl/N-ethyl adjacent to an activating group) is 1. The monoisotopic (exact) mass is 271 g/mol. The van der Waals surface area contributed by atoms with E-state index in [1.165, 1.54) is 21.2 Å². The van der Waals surface area contributed by atoms with Gasteiger partial charge in [-0.15, -0.1) is 0 Å². The summed E-state index contributed by atoms with van der Waals surface area (Å²) in [4.78, 5) is 13.0. The van der Waals surface area contributed by atoms with Crippen molar-refractivity contribution in [2.45, 2.75) is 26.4 Å². The van der Waals surface area contributed by atoms with Crippen molar-refractivity contribution in [3.8, 4) is 0 Å². The van der Waals surface area contributed by atoms with Crippen LogP contribution in [0.5, 0.6) is 0 Å². The Morgan fingerprint density at radius 3 is 2.60 bits per heavy atom. The van der Waals surface area contributed by atoms with E-state index >= 15 is 0 Å². The van der Waals surface area contributed by atoms with E-state index < -0.39 is 0 Å². The van der Waals surface area contributed by atoms with E-state index in [2.05, 4.69) is 54.8 Å². The molecule has 0 aliphatic heterocycles. The molecular formula is C17H23N2O+. The molecule has 0 aliphatic rings. The van der Waals surface area contributed by atoms with Crippen molar-refractivity contribution in [1.29, 1.82) is 0 Å². The molecule has 0 fully saturated rings. The molecule has 2 aromatic carbocycles. The Labute approximate surface area is 120 Å². The zero-order valence-corrected chi connectivity index (χ0v) is 12.4. The second-order valence-corrected chi connectivity index (χ2v) is 5.67. The van der Waals surface area contributed by atoms with Crippen LogP contribution in [0.25, 0.3) is 10.8 Å². The summed E-state index contributed by atoms with van der Waals surface area (Å²) >= 11 is 0. The van der Waals surface area contributed by atoms with Crippen molar-refractivity contribution in [2.75, 3.05) is 13.6 Å². The molecule has 2 rings (SSSR count). The molecule has 1 atom stereocenters. The zero-order chi connectivity index (χ0) is 14.5. The van der Waals surface area contributed by atoms with Gasteiger partial charge in [0.2, 0.25) is 0 Å². The summed E-state index contributed by atoms with van der Waals surface area (Å²) in [5, 5.41) is 5.47. The van der Waals surface area contributed by atoms with Gasteiger partial charge in [-0.05, 0) is 24.6 Å². The van der Waals surface area contributed by atoms with Crippen LogP contribution in [-0.4, -0.2) is 25.5 Å². The molecule has 0 aromatic heterocycles. The van der Waals surface area contributed by atoms with Crippen molar-refractivity contribution in [3.63, 3.8) is 0 Å². The minimum absolute atomic E-state index is 0.109. The highest BCUT2D eigenvalue weighted by Gasteiger charge is 2.12. The van der Waals surface area contributed by atoms with Crippen LogP contribution in [0.15, 0.2) is 42.5 Å². The molecule has 0 bridgehead atoms. The van der Waals surface area contributed by atoms with Gasteiger partial charge in [0, 0.05) is 11.6 Å². The molecule has 0 aliphatic carbocycles. The average Bonchev–Trinajstić information content (AvgIpc) is 2.38. The van der Waals surface area contributed by atoms with Crippen molar-refractivity contribution >= 4 is 16.7 Å². The molecule has 3 heteroatoms. The molecule has 3 nitrogen and oxygen atoms in total. The summed E-state index contributed by atoms with van der Waals surface area (Å²) < 4.78 is 0. The Balaban J connectivity index is 2.06. The first-order valence-corrected chi connectivity index (χ1v) is 7.13. The number of hydrogen-bond donors (Lipinski definition) is 2. The molecule has 0 saturated heterocycles. The van der Waals surface area contributed by atoms with Gasteiger partial charge in [-0.2, -0.15) is 0 Å². The number of quaternary nitrogens is 1. The number of benzene rings is 2. The third-order valence-electron chi connectivity index (χ3n) is 3.28. The maximum Gasteiger partial charge on any atom is 0.275 e. The van der Waals surface area contributed by atoms with Crippen LogP contribution in [-0.2, 0) is 11.3 Å². The lowest BCUT2D eigenvalue weighted by Crippen LogP contribution is -3.09. The van der Waals surface area contributed by atoms with Gasteiger partial charge in [0.15, 0.2) is 6.54 Å². The predicted molar refractivity (Wildman–Crippen MR) is 82.7 cm³/mol. The maximum absolute atomic E-state index is 11.8. The summed E-state index contributed by atoms with van der Waals surface area (Å²) in [6.45, 7) is 5.32. The number of nitrogens with one attached hydrogen (secondary N) is 2. The number of fused-ring (bicyclic) bond motifs is 1. The van der Waals surface area contributed by atoms with Crippen LogP contribution in [0.3, 0.4) is 0 Å². The van der Waals surface area contributed by atoms with Gasteiger partial charge in [-0.3, -0.25) is 4.79 Å². The third kappa shape index (κ3) is 3.81. The van der Waals surface area contributed by atoms with E-state index in [1.807, 2.05) is 13.8 Å². The fourth-order valence-electron chi connectivity index (χ4n) is 2.48. The van der Waals surface area contributed by atoms with Gasteiger partial charge >= 0.3 is 0 Å². The Morgan fingerprint density at radius 2 is 1.85 bits per heavy atom. The molecule has 2 aromatic rings. The van der Waals surface area contributed by atoms with Gasteiger partial charge in [-0.1, -0.05) is 42.5 Å². The molecule has 0 saturated carbocycles. The van der Waals surface area contributed by atoms with E-state index in [1.54, 1.807) is 0 Å². The molecular weight excluding hydrogens is 248 g/mol. The number of carbonyl (C=O) groups is 1. The topological polar surface area (TPSA) is 33.5 Å². The Morgan fingerprint density at radius 1 is 1.15 bits per heavy atom. The molecule has 20 heavy (non-hydrogen) atoms. The molecule has 0 heterocycles. The van der Waals surface area contributed by atoms with E-state index in [-0.39, 0.29) is 11.9 Å². The number of hydrogen-bond acceptors (Lipinski definition) is 1. The summed E-state index contributed by atoms with van der Waals surface area (Å²) in [6, 6.07) is 14.9. The highest BCUT2D eigenvalue weighted by atomic mass is 16.2. The van der Waals surface area contributed by atoms with Crippen LogP contribution in [0, 0.1) is 0 Å². The van der Waals surface area contributed by atoms with Crippen LogP contribution < -0.4 is 10.2 Å². The second-order valence-electron chi connectivity index (χ2n) is 5.67. The Hall–Kier alpha value is -1.87. The summed E-state index contributed by atoms with van der Waals surface area (Å²) in [7, 11) is 2.06. The highest BCUT2D eigenvalue weighted by molar-refractivity contribution is 5.85. The molecule has 106 valence electrons. The molecule has 2 N–H and O–H groups in total. The van der Waals surface area contributed by atoms with E-state index in [9.17, 15) is 4.79 Å². The van der Waals surface area contributed by atoms with E-state index in [4.69, 9.17) is 0 Å². The van der Waals surface area contributed by atoms with Gasteiger partial charge in [0.05, 0.1) is 7.05 Å². The summed E-state index contributed by atoms with van der Waals surface area (Å²) in [5.74, 6) is 0.109. The highest BCUT2D eigenvalue weighted by Crippen LogP contribution is 2.17. The van der Waals surface area contributed by atoms with Crippen LogP contribution >= 0.6 is 0 Å². The largest absolute Gasteiger partial charge is 0.349 e. The predicted octanol–water partition coefficient (Wildman–Crippen LogP) is 1.38. The van der Waals surface area contributed by atoms with Gasteiger partial charge in [-0.25, -0.2) is 0 Å². The second kappa shape index (κ2) is 6.53. The van der Waals surface area contributed by atoms with Crippen LogP contribution in [0.1, 0.15) is 19.4 Å². The fraction of sp³-hybridized carbons (Fsp3) is 0.353. The first-order valence-electron chi connectivity index (χ1n) is 7.13. The lowest BCUT2D eigenvalue weighted by atomic mass is 10.0. The first-order chi connectivity index (χ1) is 9.56. The third-order valence-corrected chi connectivity index (χ3v) is 3.28. The lowest BCUT2D eigenvalue weighted by Gasteiger charge is -2.16. The Bertz CT molecular complexity index is 587. The standard InChI is InChI=1S/C17H22N2O/c1-13(2)18-17(20)12-19(3)11-15-9-6-8-14-7-4-5-10-16(14)15/h4-10,13H,11-12H2,1-3H3,(H,18,20)/p+1. The molecule has 1 amide bonds. The molecule has 0 radical (unpaired) electrons. The lowest BCUT2D eigenvalue weighted by molar-refractivity contribution is -0.885. The maximum atomic E-state index is 11.8. The van der Waals surface area contributed by atoms with Crippen molar-refractivity contribution in [3.05, 3.63) is 48.0 Å². The fourth-order valence-corrected chi connectivity index (χ4v) is 2.48. The van der Waals surface area contributed by atoms with Crippen LogP contribution in [0.2, 0.25) is 0 Å². The number of amides is 1. The van der Waals surface area contributed by atoms with Crippen molar-refractivity contribution in [1.82, 2.24) is 5.32 Å². The minimum Gasteiger partial charge on any atom is -0.349 e. The summed E-state index contributed by atoms with van der Waals surface area (Å²) in [5.41, 5.74) is 1.29. The number of carbonyl (C=O) groups excluding carboxylic acids is 1. The zero-order valence-electron chi connectivity index (χ0n) is 12.4. The smallest absolute Gasteiger partial charge is 0.275 e. The summed E-state index contributed by atoms with van der Waals surface area (Å²) in [6.07, 6.45) is 0. The quantitative estimate of drug-likeness (QED) is 0.846. The van der Waals surface area contributed by atoms with Gasteiger partial charge < -0.3 is 10.2 Å². The van der Waals surface area contributed by atoms with Crippen LogP contribution in [0.4, 0.5) is 0 Å². The van der Waals surface area contributed by atoms with Gasteiger partial charge in [0.1, 0.15) is 6.54 Å². The first kappa shape index (κ1) is 14.5. The SMILES string of the molecule is CC(C)NC(=O)C[NH+](C)Cc1cccc2ccccc12. The Kier molecular flexibility index (Phi) is 4.74. The average molecular weight is 271 g/mol. The molecule has 1 unspecified atom stereocenters. The van der Waals surface area contributed by atoms with E-state index in [0.717, 1.165) is 6.54 Å².